The molecule has 0 saturated carbocycles. The fourth-order valence-corrected chi connectivity index (χ4v) is 1.43. The van der Waals surface area contributed by atoms with Gasteiger partial charge in [0, 0.05) is 11.6 Å². The van der Waals surface area contributed by atoms with E-state index in [-0.39, 0.29) is 5.76 Å². The molecule has 0 bridgehead atoms. The summed E-state index contributed by atoms with van der Waals surface area (Å²) in [5.41, 5.74) is -0.521. The summed E-state index contributed by atoms with van der Waals surface area (Å²) in [6, 6.07) is 7.43. The summed E-state index contributed by atoms with van der Waals surface area (Å²) in [7, 11) is 0. The molecule has 6 heteroatoms. The van der Waals surface area contributed by atoms with Crippen LogP contribution < -0.4 is 4.74 Å². The minimum atomic E-state index is -4.49. The Morgan fingerprint density at radius 1 is 1.22 bits per heavy atom. The second kappa shape index (κ2) is 4.72. The maximum atomic E-state index is 12.3. The van der Waals surface area contributed by atoms with Crippen LogP contribution in [0.5, 0.6) is 5.75 Å². The van der Waals surface area contributed by atoms with Crippen molar-refractivity contribution >= 4 is 0 Å². The highest BCUT2D eigenvalue weighted by Gasteiger charge is 2.35. The Hall–Kier alpha value is -1.98. The molecule has 18 heavy (non-hydrogen) atoms. The summed E-state index contributed by atoms with van der Waals surface area (Å²) in [4.78, 5) is 0. The standard InChI is InChI=1S/C12H10F3NO2/c1-2-17-9-5-3-8(4-6-9)10-7-11(16-18-10)12(13,14)15/h3-7H,2H2,1H3. The van der Waals surface area contributed by atoms with E-state index in [0.29, 0.717) is 17.9 Å². The maximum Gasteiger partial charge on any atom is 0.436 e. The van der Waals surface area contributed by atoms with Crippen LogP contribution in [-0.2, 0) is 6.18 Å². The van der Waals surface area contributed by atoms with E-state index in [0.717, 1.165) is 6.07 Å². The average Bonchev–Trinajstić information content (AvgIpc) is 2.79. The molecule has 0 atom stereocenters. The van der Waals surface area contributed by atoms with Gasteiger partial charge >= 0.3 is 6.18 Å². The third kappa shape index (κ3) is 2.64. The molecule has 2 rings (SSSR count). The van der Waals surface area contributed by atoms with Gasteiger partial charge in [-0.25, -0.2) is 0 Å². The Morgan fingerprint density at radius 3 is 2.39 bits per heavy atom. The van der Waals surface area contributed by atoms with Gasteiger partial charge in [-0.05, 0) is 31.2 Å². The van der Waals surface area contributed by atoms with Gasteiger partial charge in [0.15, 0.2) is 11.5 Å². The lowest BCUT2D eigenvalue weighted by Crippen LogP contribution is -2.04. The van der Waals surface area contributed by atoms with Crippen LogP contribution >= 0.6 is 0 Å². The Morgan fingerprint density at radius 2 is 1.89 bits per heavy atom. The molecular weight excluding hydrogens is 247 g/mol. The predicted molar refractivity (Wildman–Crippen MR) is 58.1 cm³/mol. The van der Waals surface area contributed by atoms with Crippen LogP contribution in [0.2, 0.25) is 0 Å². The fourth-order valence-electron chi connectivity index (χ4n) is 1.43. The summed E-state index contributed by atoms with van der Waals surface area (Å²) in [6.07, 6.45) is -4.49. The third-order valence-corrected chi connectivity index (χ3v) is 2.25. The summed E-state index contributed by atoms with van der Waals surface area (Å²) < 4.78 is 46.9. The van der Waals surface area contributed by atoms with Crippen LogP contribution in [0, 0.1) is 0 Å². The summed E-state index contributed by atoms with van der Waals surface area (Å²) in [5, 5.41) is 2.99. The first-order valence-electron chi connectivity index (χ1n) is 5.28. The lowest BCUT2D eigenvalue weighted by Gasteiger charge is -2.02. The zero-order valence-electron chi connectivity index (χ0n) is 9.49. The summed E-state index contributed by atoms with van der Waals surface area (Å²) in [5.74, 6) is 0.724. The number of hydrogen-bond acceptors (Lipinski definition) is 3. The van der Waals surface area contributed by atoms with Crippen molar-refractivity contribution in [1.29, 1.82) is 0 Å². The monoisotopic (exact) mass is 257 g/mol. The first-order valence-corrected chi connectivity index (χ1v) is 5.28. The molecule has 0 fully saturated rings. The molecule has 0 unspecified atom stereocenters. The number of halogens is 3. The van der Waals surface area contributed by atoms with Crippen molar-refractivity contribution in [2.45, 2.75) is 13.1 Å². The number of ether oxygens (including phenoxy) is 1. The summed E-state index contributed by atoms with van der Waals surface area (Å²) in [6.45, 7) is 2.37. The van der Waals surface area contributed by atoms with Gasteiger partial charge in [0.05, 0.1) is 6.61 Å². The molecule has 0 aliphatic carbocycles. The number of rotatable bonds is 3. The highest BCUT2D eigenvalue weighted by atomic mass is 19.4. The molecule has 1 aromatic carbocycles. The molecule has 1 aromatic heterocycles. The van der Waals surface area contributed by atoms with Crippen LogP contribution in [0.3, 0.4) is 0 Å². The zero-order valence-corrected chi connectivity index (χ0v) is 9.49. The quantitative estimate of drug-likeness (QED) is 0.839. The van der Waals surface area contributed by atoms with Crippen LogP contribution in [0.15, 0.2) is 34.9 Å². The first-order chi connectivity index (χ1) is 8.50. The highest BCUT2D eigenvalue weighted by Crippen LogP contribution is 2.32. The Bertz CT molecular complexity index is 517. The second-order valence-electron chi connectivity index (χ2n) is 3.53. The third-order valence-electron chi connectivity index (χ3n) is 2.25. The molecule has 0 N–H and O–H groups in total. The van der Waals surface area contributed by atoms with E-state index in [1.807, 2.05) is 6.92 Å². The van der Waals surface area contributed by atoms with Gasteiger partial charge in [-0.15, -0.1) is 0 Å². The molecule has 0 amide bonds. The molecule has 1 heterocycles. The highest BCUT2D eigenvalue weighted by molar-refractivity contribution is 5.58. The second-order valence-corrected chi connectivity index (χ2v) is 3.53. The lowest BCUT2D eigenvalue weighted by atomic mass is 10.1. The van der Waals surface area contributed by atoms with E-state index in [4.69, 9.17) is 4.74 Å². The van der Waals surface area contributed by atoms with Gasteiger partial charge in [0.25, 0.3) is 0 Å². The summed E-state index contributed by atoms with van der Waals surface area (Å²) >= 11 is 0. The number of hydrogen-bond donors (Lipinski definition) is 0. The minimum Gasteiger partial charge on any atom is -0.494 e. The molecule has 96 valence electrons. The van der Waals surface area contributed by atoms with Gasteiger partial charge in [-0.1, -0.05) is 5.16 Å². The van der Waals surface area contributed by atoms with Crippen molar-refractivity contribution in [2.75, 3.05) is 6.61 Å². The van der Waals surface area contributed by atoms with Crippen LogP contribution in [0.1, 0.15) is 12.6 Å². The number of alkyl halides is 3. The smallest absolute Gasteiger partial charge is 0.436 e. The predicted octanol–water partition coefficient (Wildman–Crippen LogP) is 3.76. The van der Waals surface area contributed by atoms with Crippen molar-refractivity contribution in [3.05, 3.63) is 36.0 Å². The topological polar surface area (TPSA) is 35.3 Å². The van der Waals surface area contributed by atoms with E-state index in [2.05, 4.69) is 9.68 Å². The molecule has 0 saturated heterocycles. The maximum absolute atomic E-state index is 12.3. The number of benzene rings is 1. The molecule has 3 nitrogen and oxygen atoms in total. The molecule has 0 radical (unpaired) electrons. The van der Waals surface area contributed by atoms with Crippen LogP contribution in [-0.4, -0.2) is 11.8 Å². The Balaban J connectivity index is 2.23. The van der Waals surface area contributed by atoms with Crippen molar-refractivity contribution in [3.8, 4) is 17.1 Å². The van der Waals surface area contributed by atoms with Crippen molar-refractivity contribution in [3.63, 3.8) is 0 Å². The van der Waals surface area contributed by atoms with Gasteiger partial charge in [-0.2, -0.15) is 13.2 Å². The van der Waals surface area contributed by atoms with Crippen LogP contribution in [0.25, 0.3) is 11.3 Å². The molecule has 0 spiro atoms. The van der Waals surface area contributed by atoms with Crippen LogP contribution in [0.4, 0.5) is 13.2 Å². The van der Waals surface area contributed by atoms with Gasteiger partial charge in [-0.3, -0.25) is 0 Å². The molecular formula is C12H10F3NO2. The lowest BCUT2D eigenvalue weighted by molar-refractivity contribution is -0.142. The molecule has 2 aromatic rings. The molecule has 0 aliphatic rings. The van der Waals surface area contributed by atoms with Crippen molar-refractivity contribution in [1.82, 2.24) is 5.16 Å². The largest absolute Gasteiger partial charge is 0.494 e. The van der Waals surface area contributed by atoms with Gasteiger partial charge < -0.3 is 9.26 Å². The van der Waals surface area contributed by atoms with Crippen molar-refractivity contribution in [2.24, 2.45) is 0 Å². The van der Waals surface area contributed by atoms with Gasteiger partial charge in [0.2, 0.25) is 0 Å². The number of nitrogens with zero attached hydrogens (tertiary/aromatic N) is 1. The zero-order chi connectivity index (χ0) is 13.2. The van der Waals surface area contributed by atoms with E-state index in [1.54, 1.807) is 24.3 Å². The van der Waals surface area contributed by atoms with E-state index >= 15 is 0 Å². The Labute approximate surface area is 101 Å². The van der Waals surface area contributed by atoms with E-state index in [9.17, 15) is 13.2 Å². The molecule has 0 aliphatic heterocycles. The first kappa shape index (κ1) is 12.5. The SMILES string of the molecule is CCOc1ccc(-c2cc(C(F)(F)F)no2)cc1. The van der Waals surface area contributed by atoms with Gasteiger partial charge in [0.1, 0.15) is 5.75 Å². The average molecular weight is 257 g/mol. The van der Waals surface area contributed by atoms with E-state index < -0.39 is 11.9 Å². The van der Waals surface area contributed by atoms with Crippen molar-refractivity contribution < 1.29 is 22.4 Å². The number of aromatic nitrogens is 1. The normalized spacial score (nSPS) is 11.6. The minimum absolute atomic E-state index is 0.0744. The Kier molecular flexibility index (Phi) is 3.27. The fraction of sp³-hybridized carbons (Fsp3) is 0.250. The van der Waals surface area contributed by atoms with E-state index in [1.165, 1.54) is 0 Å².